The zero-order chi connectivity index (χ0) is 15.8. The number of amides is 2. The van der Waals surface area contributed by atoms with Crippen LogP contribution >= 0.6 is 11.8 Å². The van der Waals surface area contributed by atoms with Gasteiger partial charge in [0.15, 0.2) is 0 Å². The molecular formula is C13H25N3O4S. The summed E-state index contributed by atoms with van der Waals surface area (Å²) >= 11 is 1.72. The van der Waals surface area contributed by atoms with Crippen LogP contribution in [0.15, 0.2) is 0 Å². The molecule has 0 aromatic carbocycles. The fraction of sp³-hybridized carbons (Fsp3) is 0.846. The first-order valence-corrected chi connectivity index (χ1v) is 8.19. The molecule has 0 radical (unpaired) electrons. The Bertz CT molecular complexity index is 348. The molecule has 7 nitrogen and oxygen atoms in total. The van der Waals surface area contributed by atoms with Crippen LogP contribution in [0, 0.1) is 5.92 Å². The number of thioether (sulfide) groups is 1. The molecule has 2 amide bonds. The van der Waals surface area contributed by atoms with Crippen molar-refractivity contribution in [3.8, 4) is 0 Å². The van der Waals surface area contributed by atoms with Crippen LogP contribution in [0.5, 0.6) is 0 Å². The van der Waals surface area contributed by atoms with Gasteiger partial charge in [0.25, 0.3) is 5.91 Å². The highest BCUT2D eigenvalue weighted by Crippen LogP contribution is 2.13. The van der Waals surface area contributed by atoms with Crippen molar-refractivity contribution in [2.24, 2.45) is 11.7 Å². The molecule has 1 saturated heterocycles. The van der Waals surface area contributed by atoms with Crippen LogP contribution in [0.2, 0.25) is 0 Å². The quantitative estimate of drug-likeness (QED) is 0.466. The van der Waals surface area contributed by atoms with Gasteiger partial charge in [-0.15, -0.1) is 0 Å². The van der Waals surface area contributed by atoms with Crippen LogP contribution in [0.4, 0.5) is 0 Å². The van der Waals surface area contributed by atoms with E-state index in [0.717, 1.165) is 5.75 Å². The van der Waals surface area contributed by atoms with E-state index in [2.05, 4.69) is 24.7 Å². The van der Waals surface area contributed by atoms with Crippen LogP contribution in [0.1, 0.15) is 26.7 Å². The van der Waals surface area contributed by atoms with Crippen molar-refractivity contribution in [2.75, 3.05) is 19.0 Å². The third-order valence-corrected chi connectivity index (χ3v) is 4.32. The second kappa shape index (κ2) is 9.24. The van der Waals surface area contributed by atoms with Crippen molar-refractivity contribution in [3.63, 3.8) is 0 Å². The van der Waals surface area contributed by atoms with Crippen molar-refractivity contribution >= 4 is 23.6 Å². The molecule has 21 heavy (non-hydrogen) atoms. The monoisotopic (exact) mass is 319 g/mol. The van der Waals surface area contributed by atoms with Crippen molar-refractivity contribution in [1.82, 2.24) is 10.9 Å². The predicted molar refractivity (Wildman–Crippen MR) is 81.4 cm³/mol. The van der Waals surface area contributed by atoms with E-state index in [1.54, 1.807) is 11.8 Å². The lowest BCUT2D eigenvalue weighted by atomic mass is 10.1. The molecule has 1 aliphatic rings. The summed E-state index contributed by atoms with van der Waals surface area (Å²) in [5.74, 6) is -0.477. The summed E-state index contributed by atoms with van der Waals surface area (Å²) in [5, 5.41) is 10.3. The maximum atomic E-state index is 11.7. The van der Waals surface area contributed by atoms with Gasteiger partial charge < -0.3 is 15.6 Å². The molecule has 0 saturated carbocycles. The van der Waals surface area contributed by atoms with Gasteiger partial charge in [0.05, 0.1) is 12.5 Å². The van der Waals surface area contributed by atoms with E-state index in [1.807, 2.05) is 0 Å². The van der Waals surface area contributed by atoms with Crippen molar-refractivity contribution in [3.05, 3.63) is 0 Å². The Balaban J connectivity index is 2.24. The topological polar surface area (TPSA) is 114 Å². The van der Waals surface area contributed by atoms with E-state index in [9.17, 15) is 14.7 Å². The zero-order valence-corrected chi connectivity index (χ0v) is 13.3. The molecule has 5 N–H and O–H groups in total. The molecule has 1 aliphatic heterocycles. The van der Waals surface area contributed by atoms with Crippen LogP contribution in [-0.4, -0.2) is 53.3 Å². The molecule has 0 bridgehead atoms. The van der Waals surface area contributed by atoms with Gasteiger partial charge in [-0.3, -0.25) is 20.4 Å². The lowest BCUT2D eigenvalue weighted by Gasteiger charge is -2.19. The number of nitrogens with one attached hydrogen (secondary N) is 2. The molecule has 0 aromatic heterocycles. The fourth-order valence-corrected chi connectivity index (χ4v) is 2.71. The van der Waals surface area contributed by atoms with Gasteiger partial charge in [-0.25, -0.2) is 0 Å². The number of aliphatic hydroxyl groups excluding tert-OH is 1. The number of aliphatic hydroxyl groups is 1. The van der Waals surface area contributed by atoms with E-state index in [-0.39, 0.29) is 11.8 Å². The molecule has 122 valence electrons. The predicted octanol–water partition coefficient (Wildman–Crippen LogP) is -0.610. The Labute approximate surface area is 129 Å². The average Bonchev–Trinajstić information content (AvgIpc) is 2.97. The van der Waals surface area contributed by atoms with Crippen LogP contribution in [0.25, 0.3) is 0 Å². The van der Waals surface area contributed by atoms with E-state index >= 15 is 0 Å². The fourth-order valence-electron chi connectivity index (χ4n) is 1.83. The van der Waals surface area contributed by atoms with Gasteiger partial charge in [-0.1, -0.05) is 13.8 Å². The van der Waals surface area contributed by atoms with Crippen LogP contribution in [0.3, 0.4) is 0 Å². The number of ether oxygens (including phenoxy) is 1. The maximum Gasteiger partial charge on any atom is 0.268 e. The zero-order valence-electron chi connectivity index (χ0n) is 12.5. The number of rotatable bonds is 7. The molecular weight excluding hydrogens is 294 g/mol. The summed E-state index contributed by atoms with van der Waals surface area (Å²) in [6, 6.07) is -0.650. The number of carbonyl (C=O) groups is 2. The molecule has 0 aromatic rings. The standard InChI is InChI=1S/C13H25N3O4S/c1-8(2)21-6-4-10(14)11(17)13(19)16-15-12(18)9-3-5-20-7-9/h8-11,17H,3-7,14H2,1-2H3,(H,15,18)(H,16,19)/t9?,10-,11?/m1/s1. The number of hydrogen-bond donors (Lipinski definition) is 4. The minimum absolute atomic E-state index is 0.251. The molecule has 3 atom stereocenters. The highest BCUT2D eigenvalue weighted by atomic mass is 32.2. The maximum absolute atomic E-state index is 11.7. The van der Waals surface area contributed by atoms with Gasteiger partial charge in [0.2, 0.25) is 5.91 Å². The Kier molecular flexibility index (Phi) is 8.02. The van der Waals surface area contributed by atoms with Crippen molar-refractivity contribution in [2.45, 2.75) is 44.1 Å². The van der Waals surface area contributed by atoms with Gasteiger partial charge in [0.1, 0.15) is 6.10 Å². The summed E-state index contributed by atoms with van der Waals surface area (Å²) in [4.78, 5) is 23.4. The lowest BCUT2D eigenvalue weighted by Crippen LogP contribution is -2.53. The average molecular weight is 319 g/mol. The summed E-state index contributed by atoms with van der Waals surface area (Å²) in [7, 11) is 0. The second-order valence-electron chi connectivity index (χ2n) is 5.36. The first-order chi connectivity index (χ1) is 9.91. The van der Waals surface area contributed by atoms with Crippen LogP contribution < -0.4 is 16.6 Å². The van der Waals surface area contributed by atoms with Gasteiger partial charge in [-0.05, 0) is 23.8 Å². The van der Waals surface area contributed by atoms with E-state index in [0.29, 0.717) is 31.3 Å². The summed E-state index contributed by atoms with van der Waals surface area (Å²) in [5.41, 5.74) is 10.3. The van der Waals surface area contributed by atoms with Crippen molar-refractivity contribution < 1.29 is 19.4 Å². The Morgan fingerprint density at radius 3 is 2.71 bits per heavy atom. The molecule has 0 spiro atoms. The molecule has 1 fully saturated rings. The van der Waals surface area contributed by atoms with Gasteiger partial charge in [0, 0.05) is 12.6 Å². The second-order valence-corrected chi connectivity index (χ2v) is 7.04. The molecule has 1 rings (SSSR count). The van der Waals surface area contributed by atoms with Crippen molar-refractivity contribution in [1.29, 1.82) is 0 Å². The Morgan fingerprint density at radius 2 is 2.14 bits per heavy atom. The lowest BCUT2D eigenvalue weighted by molar-refractivity contribution is -0.136. The third kappa shape index (κ3) is 6.64. The number of carbonyl (C=O) groups excluding carboxylic acids is 2. The largest absolute Gasteiger partial charge is 0.382 e. The molecule has 8 heteroatoms. The summed E-state index contributed by atoms with van der Waals surface area (Å²) in [6.07, 6.45) is -0.171. The van der Waals surface area contributed by atoms with Gasteiger partial charge >= 0.3 is 0 Å². The first kappa shape index (κ1) is 18.2. The molecule has 2 unspecified atom stereocenters. The van der Waals surface area contributed by atoms with E-state index in [4.69, 9.17) is 10.5 Å². The molecule has 1 heterocycles. The van der Waals surface area contributed by atoms with E-state index in [1.165, 1.54) is 0 Å². The number of nitrogens with two attached hydrogens (primary N) is 1. The minimum Gasteiger partial charge on any atom is -0.382 e. The minimum atomic E-state index is -1.34. The number of hydrogen-bond acceptors (Lipinski definition) is 6. The highest BCUT2D eigenvalue weighted by molar-refractivity contribution is 7.99. The van der Waals surface area contributed by atoms with E-state index < -0.39 is 18.1 Å². The SMILES string of the molecule is CC(C)SCC[C@@H](N)C(O)C(=O)NNC(=O)C1CCOC1. The highest BCUT2D eigenvalue weighted by Gasteiger charge is 2.26. The van der Waals surface area contributed by atoms with Gasteiger partial charge in [-0.2, -0.15) is 11.8 Å². The first-order valence-electron chi connectivity index (χ1n) is 7.14. The summed E-state index contributed by atoms with van der Waals surface area (Å²) < 4.78 is 5.09. The number of hydrazine groups is 1. The summed E-state index contributed by atoms with van der Waals surface area (Å²) in [6.45, 7) is 5.05. The Morgan fingerprint density at radius 1 is 1.43 bits per heavy atom. The third-order valence-electron chi connectivity index (χ3n) is 3.19. The Hall–Kier alpha value is -0.830. The smallest absolute Gasteiger partial charge is 0.268 e. The molecule has 0 aliphatic carbocycles. The normalized spacial score (nSPS) is 21.1. The van der Waals surface area contributed by atoms with Crippen LogP contribution in [-0.2, 0) is 14.3 Å².